The molecule has 27 heavy (non-hydrogen) atoms. The fraction of sp³-hybridized carbons (Fsp3) is 0.250. The molecule has 2 aromatic carbocycles. The smallest absolute Gasteiger partial charge is 0.271 e. The predicted octanol–water partition coefficient (Wildman–Crippen LogP) is 4.35. The van der Waals surface area contributed by atoms with Crippen LogP contribution in [0.3, 0.4) is 0 Å². The van der Waals surface area contributed by atoms with Crippen molar-refractivity contribution in [3.63, 3.8) is 0 Å². The van der Waals surface area contributed by atoms with E-state index in [1.165, 1.54) is 18.2 Å². The molecular formula is C20H22N2O5. The normalized spacial score (nSPS) is 10.6. The number of non-ortho nitro benzene ring substituents is 1. The second-order valence-electron chi connectivity index (χ2n) is 5.84. The zero-order valence-corrected chi connectivity index (χ0v) is 15.5. The van der Waals surface area contributed by atoms with Gasteiger partial charge in [-0.15, -0.1) is 0 Å². The molecule has 142 valence electrons. The summed E-state index contributed by atoms with van der Waals surface area (Å²) in [7, 11) is 1.55. The topological polar surface area (TPSA) is 90.7 Å². The molecule has 0 atom stereocenters. The van der Waals surface area contributed by atoms with Crippen LogP contribution in [0.25, 0.3) is 6.08 Å². The maximum atomic E-state index is 12.2. The maximum Gasteiger partial charge on any atom is 0.271 e. The quantitative estimate of drug-likeness (QED) is 0.424. The van der Waals surface area contributed by atoms with Crippen molar-refractivity contribution in [1.82, 2.24) is 0 Å². The van der Waals surface area contributed by atoms with Gasteiger partial charge in [0, 0.05) is 18.2 Å². The number of nitrogens with zero attached hydrogens (tertiary/aromatic N) is 1. The molecule has 7 heteroatoms. The van der Waals surface area contributed by atoms with E-state index >= 15 is 0 Å². The van der Waals surface area contributed by atoms with E-state index in [1.54, 1.807) is 38.3 Å². The summed E-state index contributed by atoms with van der Waals surface area (Å²) in [5, 5.41) is 13.5. The number of methoxy groups -OCH3 is 1. The van der Waals surface area contributed by atoms with Crippen molar-refractivity contribution in [2.75, 3.05) is 19.0 Å². The summed E-state index contributed by atoms with van der Waals surface area (Å²) in [5.41, 5.74) is 1.83. The summed E-state index contributed by atoms with van der Waals surface area (Å²) in [6, 6.07) is 9.71. The number of nitrogens with one attached hydrogen (secondary N) is 1. The third-order valence-corrected chi connectivity index (χ3v) is 3.77. The number of hydrogen-bond donors (Lipinski definition) is 1. The Kier molecular flexibility index (Phi) is 6.93. The molecule has 0 saturated carbocycles. The molecule has 2 rings (SSSR count). The Labute approximate surface area is 157 Å². The molecule has 0 fully saturated rings. The number of carbonyl (C=O) groups excluding carboxylic acids is 1. The first-order valence-electron chi connectivity index (χ1n) is 8.49. The lowest BCUT2D eigenvalue weighted by molar-refractivity contribution is -0.384. The van der Waals surface area contributed by atoms with Crippen LogP contribution in [0, 0.1) is 17.0 Å². The molecule has 0 saturated heterocycles. The van der Waals surface area contributed by atoms with Crippen LogP contribution in [-0.4, -0.2) is 24.5 Å². The van der Waals surface area contributed by atoms with Gasteiger partial charge in [0.25, 0.3) is 5.69 Å². The molecule has 0 aliphatic heterocycles. The largest absolute Gasteiger partial charge is 0.493 e. The average Bonchev–Trinajstić information content (AvgIpc) is 2.66. The van der Waals surface area contributed by atoms with E-state index in [-0.39, 0.29) is 11.6 Å². The number of carbonyl (C=O) groups is 1. The lowest BCUT2D eigenvalue weighted by Crippen LogP contribution is -2.09. The van der Waals surface area contributed by atoms with Gasteiger partial charge in [-0.1, -0.05) is 19.1 Å². The van der Waals surface area contributed by atoms with E-state index in [9.17, 15) is 14.9 Å². The molecule has 0 heterocycles. The van der Waals surface area contributed by atoms with Crippen LogP contribution in [-0.2, 0) is 4.79 Å². The van der Waals surface area contributed by atoms with Crippen LogP contribution in [0.2, 0.25) is 0 Å². The highest BCUT2D eigenvalue weighted by Crippen LogP contribution is 2.28. The number of hydrogen-bond acceptors (Lipinski definition) is 5. The van der Waals surface area contributed by atoms with E-state index < -0.39 is 4.92 Å². The van der Waals surface area contributed by atoms with E-state index in [0.717, 1.165) is 17.5 Å². The van der Waals surface area contributed by atoms with Crippen LogP contribution in [0.1, 0.15) is 24.5 Å². The summed E-state index contributed by atoms with van der Waals surface area (Å²) in [6.07, 6.45) is 3.88. The predicted molar refractivity (Wildman–Crippen MR) is 104 cm³/mol. The summed E-state index contributed by atoms with van der Waals surface area (Å²) in [5.74, 6) is 0.845. The van der Waals surface area contributed by atoms with Gasteiger partial charge in [-0.25, -0.2) is 0 Å². The summed E-state index contributed by atoms with van der Waals surface area (Å²) < 4.78 is 10.9. The number of aryl methyl sites for hydroxylation is 1. The first-order valence-corrected chi connectivity index (χ1v) is 8.49. The van der Waals surface area contributed by atoms with Crippen molar-refractivity contribution in [3.05, 3.63) is 63.7 Å². The Morgan fingerprint density at radius 1 is 1.22 bits per heavy atom. The molecule has 0 bridgehead atoms. The zero-order valence-electron chi connectivity index (χ0n) is 15.5. The van der Waals surface area contributed by atoms with Crippen molar-refractivity contribution < 1.29 is 19.2 Å². The van der Waals surface area contributed by atoms with E-state index in [4.69, 9.17) is 9.47 Å². The molecule has 0 aromatic heterocycles. The SMILES string of the molecule is CCCOc1ccc(/C=C/C(=O)Nc2cc([N+](=O)[O-])ccc2C)cc1OC. The zero-order chi connectivity index (χ0) is 19.8. The van der Waals surface area contributed by atoms with Crippen LogP contribution in [0.5, 0.6) is 11.5 Å². The Balaban J connectivity index is 2.10. The molecule has 0 aliphatic carbocycles. The molecule has 0 radical (unpaired) electrons. The van der Waals surface area contributed by atoms with Crippen molar-refractivity contribution >= 4 is 23.4 Å². The van der Waals surface area contributed by atoms with Crippen molar-refractivity contribution in [2.45, 2.75) is 20.3 Å². The number of anilines is 1. The van der Waals surface area contributed by atoms with Crippen molar-refractivity contribution in [2.24, 2.45) is 0 Å². The van der Waals surface area contributed by atoms with Gasteiger partial charge >= 0.3 is 0 Å². The fourth-order valence-corrected chi connectivity index (χ4v) is 2.32. The molecular weight excluding hydrogens is 348 g/mol. The third kappa shape index (κ3) is 5.57. The lowest BCUT2D eigenvalue weighted by atomic mass is 10.1. The van der Waals surface area contributed by atoms with Crippen molar-refractivity contribution in [1.29, 1.82) is 0 Å². The van der Waals surface area contributed by atoms with Gasteiger partial charge in [-0.05, 0) is 42.7 Å². The molecule has 0 aliphatic rings. The van der Waals surface area contributed by atoms with E-state index in [2.05, 4.69) is 5.32 Å². The Hall–Kier alpha value is -3.35. The molecule has 0 spiro atoms. The minimum absolute atomic E-state index is 0.0766. The highest BCUT2D eigenvalue weighted by Gasteiger charge is 2.10. The second-order valence-corrected chi connectivity index (χ2v) is 5.84. The number of ether oxygens (including phenoxy) is 2. The molecule has 1 amide bonds. The minimum Gasteiger partial charge on any atom is -0.493 e. The van der Waals surface area contributed by atoms with Gasteiger partial charge in [0.2, 0.25) is 5.91 Å². The molecule has 2 aromatic rings. The standard InChI is InChI=1S/C20H22N2O5/c1-4-11-27-18-9-6-15(12-19(18)26-3)7-10-20(23)21-17-13-16(22(24)25)8-5-14(17)2/h5-10,12-13H,4,11H2,1-3H3,(H,21,23)/b10-7+. The Morgan fingerprint density at radius 2 is 2.00 bits per heavy atom. The van der Waals surface area contributed by atoms with E-state index in [0.29, 0.717) is 23.8 Å². The number of nitro groups is 1. The second kappa shape index (κ2) is 9.38. The highest BCUT2D eigenvalue weighted by atomic mass is 16.6. The van der Waals surface area contributed by atoms with Gasteiger partial charge in [-0.2, -0.15) is 0 Å². The van der Waals surface area contributed by atoms with Gasteiger partial charge in [0.15, 0.2) is 11.5 Å². The number of benzene rings is 2. The Bertz CT molecular complexity index is 861. The van der Waals surface area contributed by atoms with Crippen LogP contribution < -0.4 is 14.8 Å². The lowest BCUT2D eigenvalue weighted by Gasteiger charge is -2.10. The van der Waals surface area contributed by atoms with E-state index in [1.807, 2.05) is 13.0 Å². The fourth-order valence-electron chi connectivity index (χ4n) is 2.32. The summed E-state index contributed by atoms with van der Waals surface area (Å²) in [4.78, 5) is 22.5. The summed E-state index contributed by atoms with van der Waals surface area (Å²) in [6.45, 7) is 4.38. The molecule has 1 N–H and O–H groups in total. The van der Waals surface area contributed by atoms with Crippen LogP contribution >= 0.6 is 0 Å². The Morgan fingerprint density at radius 3 is 2.67 bits per heavy atom. The average molecular weight is 370 g/mol. The summed E-state index contributed by atoms with van der Waals surface area (Å²) >= 11 is 0. The number of nitro benzene ring substituents is 1. The first kappa shape index (κ1) is 20.0. The van der Waals surface area contributed by atoms with Gasteiger partial charge in [0.1, 0.15) is 0 Å². The molecule has 0 unspecified atom stereocenters. The first-order chi connectivity index (χ1) is 12.9. The minimum atomic E-state index is -0.501. The van der Waals surface area contributed by atoms with Crippen LogP contribution in [0.4, 0.5) is 11.4 Å². The van der Waals surface area contributed by atoms with Crippen molar-refractivity contribution in [3.8, 4) is 11.5 Å². The number of amides is 1. The third-order valence-electron chi connectivity index (χ3n) is 3.77. The van der Waals surface area contributed by atoms with Gasteiger partial charge in [-0.3, -0.25) is 14.9 Å². The van der Waals surface area contributed by atoms with Gasteiger partial charge < -0.3 is 14.8 Å². The molecule has 7 nitrogen and oxygen atoms in total. The van der Waals surface area contributed by atoms with Gasteiger partial charge in [0.05, 0.1) is 24.3 Å². The number of rotatable bonds is 8. The highest BCUT2D eigenvalue weighted by molar-refractivity contribution is 6.02. The van der Waals surface area contributed by atoms with Crippen LogP contribution in [0.15, 0.2) is 42.5 Å². The maximum absolute atomic E-state index is 12.2. The monoisotopic (exact) mass is 370 g/mol.